The molecular formula is C25H30ClN7O3S. The Bertz CT molecular complexity index is 1440. The molecule has 3 atom stereocenters. The molecule has 0 aliphatic carbocycles. The van der Waals surface area contributed by atoms with Gasteiger partial charge in [-0.2, -0.15) is 5.26 Å². The van der Waals surface area contributed by atoms with Crippen LogP contribution in [-0.2, 0) is 20.0 Å². The minimum absolute atomic E-state index is 0.0672. The average Bonchev–Trinajstić information content (AvgIpc) is 3.14. The van der Waals surface area contributed by atoms with Crippen molar-refractivity contribution in [1.82, 2.24) is 19.9 Å². The molecule has 0 unspecified atom stereocenters. The van der Waals surface area contributed by atoms with Crippen molar-refractivity contribution in [3.05, 3.63) is 34.9 Å². The molecular weight excluding hydrogens is 514 g/mol. The number of pyridine rings is 1. The van der Waals surface area contributed by atoms with Crippen LogP contribution in [0.25, 0.3) is 0 Å². The fraction of sp³-hybridized carbons (Fsp3) is 0.560. The van der Waals surface area contributed by atoms with E-state index in [1.807, 2.05) is 24.8 Å². The number of rotatable bonds is 3. The quantitative estimate of drug-likeness (QED) is 0.574. The number of carbonyl (C=O) groups excluding carboxylic acids is 1. The van der Waals surface area contributed by atoms with Gasteiger partial charge in [-0.1, -0.05) is 25.4 Å². The first-order valence-corrected chi connectivity index (χ1v) is 14.3. The van der Waals surface area contributed by atoms with Gasteiger partial charge in [0.05, 0.1) is 22.7 Å². The van der Waals surface area contributed by atoms with E-state index in [-0.39, 0.29) is 39.9 Å². The molecule has 2 aromatic rings. The van der Waals surface area contributed by atoms with E-state index in [0.717, 1.165) is 22.9 Å². The summed E-state index contributed by atoms with van der Waals surface area (Å²) in [6, 6.07) is 3.44. The second-order valence-corrected chi connectivity index (χ2v) is 14.1. The summed E-state index contributed by atoms with van der Waals surface area (Å²) in [6.07, 6.45) is 3.53. The average molecular weight is 544 g/mol. The van der Waals surface area contributed by atoms with Crippen LogP contribution in [0.5, 0.6) is 0 Å². The number of anilines is 3. The van der Waals surface area contributed by atoms with E-state index in [2.05, 4.69) is 28.7 Å². The molecule has 0 bridgehead atoms. The Morgan fingerprint density at radius 2 is 1.84 bits per heavy atom. The molecule has 0 spiro atoms. The van der Waals surface area contributed by atoms with Gasteiger partial charge in [0.1, 0.15) is 28.8 Å². The van der Waals surface area contributed by atoms with Crippen molar-refractivity contribution in [3.8, 4) is 6.07 Å². The van der Waals surface area contributed by atoms with Crippen LogP contribution >= 0.6 is 11.6 Å². The molecule has 2 aromatic heterocycles. The van der Waals surface area contributed by atoms with E-state index in [1.165, 1.54) is 6.33 Å². The largest absolute Gasteiger partial charge is 0.350 e. The first kappa shape index (κ1) is 25.7. The summed E-state index contributed by atoms with van der Waals surface area (Å²) in [5.74, 6) is 1.32. The summed E-state index contributed by atoms with van der Waals surface area (Å²) in [6.45, 7) is 11.3. The van der Waals surface area contributed by atoms with Gasteiger partial charge < -0.3 is 14.7 Å². The summed E-state index contributed by atoms with van der Waals surface area (Å²) in [7, 11) is -3.40. The molecule has 0 saturated carbocycles. The van der Waals surface area contributed by atoms with Crippen LogP contribution < -0.4 is 9.80 Å². The second-order valence-electron chi connectivity index (χ2n) is 11.1. The molecule has 0 radical (unpaired) electrons. The van der Waals surface area contributed by atoms with Crippen molar-refractivity contribution >= 4 is 44.7 Å². The minimum atomic E-state index is -3.40. The van der Waals surface area contributed by atoms with E-state index in [0.29, 0.717) is 26.1 Å². The Morgan fingerprint density at radius 1 is 1.14 bits per heavy atom. The summed E-state index contributed by atoms with van der Waals surface area (Å²) in [5, 5.41) is 9.48. The van der Waals surface area contributed by atoms with E-state index in [4.69, 9.17) is 16.6 Å². The lowest BCUT2D eigenvalue weighted by Crippen LogP contribution is -2.66. The third-order valence-corrected chi connectivity index (χ3v) is 10.8. The molecule has 196 valence electrons. The van der Waals surface area contributed by atoms with Crippen molar-refractivity contribution in [1.29, 1.82) is 5.26 Å². The summed E-state index contributed by atoms with van der Waals surface area (Å²) < 4.78 is 23.5. The number of amides is 1. The normalized spacial score (nSPS) is 27.9. The van der Waals surface area contributed by atoms with E-state index in [9.17, 15) is 18.5 Å². The van der Waals surface area contributed by atoms with Crippen LogP contribution in [0.15, 0.2) is 18.6 Å². The molecule has 2 saturated heterocycles. The molecule has 0 N–H and O–H groups in total. The summed E-state index contributed by atoms with van der Waals surface area (Å²) >= 11 is 6.28. The number of nitrogens with zero attached hydrogens (tertiary/aromatic N) is 7. The van der Waals surface area contributed by atoms with Gasteiger partial charge in [0.25, 0.3) is 0 Å². The number of fused-ring (bicyclic) bond motifs is 1. The van der Waals surface area contributed by atoms with Crippen molar-refractivity contribution in [2.75, 3.05) is 35.2 Å². The van der Waals surface area contributed by atoms with Crippen molar-refractivity contribution < 1.29 is 13.2 Å². The van der Waals surface area contributed by atoms with Crippen molar-refractivity contribution in [2.24, 2.45) is 0 Å². The summed E-state index contributed by atoms with van der Waals surface area (Å²) in [4.78, 5) is 32.8. The maximum atomic E-state index is 13.3. The lowest BCUT2D eigenvalue weighted by molar-refractivity contribution is -0.137. The van der Waals surface area contributed by atoms with E-state index < -0.39 is 14.6 Å². The van der Waals surface area contributed by atoms with Crippen LogP contribution in [0.3, 0.4) is 0 Å². The zero-order valence-corrected chi connectivity index (χ0v) is 23.1. The molecule has 10 nitrogen and oxygen atoms in total. The lowest BCUT2D eigenvalue weighted by atomic mass is 9.87. The summed E-state index contributed by atoms with van der Waals surface area (Å²) in [5.41, 5.74) is 1.59. The number of hydrogen-bond donors (Lipinski definition) is 0. The van der Waals surface area contributed by atoms with Crippen LogP contribution in [0.4, 0.5) is 17.3 Å². The molecule has 5 heterocycles. The van der Waals surface area contributed by atoms with Crippen LogP contribution in [-0.4, -0.2) is 76.4 Å². The predicted molar refractivity (Wildman–Crippen MR) is 141 cm³/mol. The standard InChI is InChI=1S/C25H30ClN7O3S/c1-15-12-32(23(34)25(5)6-7-37(25,35)36)16(2)11-31(15)21-20-22(30-14-29-21)33(13-24(20,3)4)17-8-18(26)19(9-27)28-10-17/h8,10,14-16H,6-7,11-13H2,1-5H3/t15-,16+,25+/m0/s1. The molecule has 1 amide bonds. The number of piperazine rings is 1. The number of aromatic nitrogens is 3. The highest BCUT2D eigenvalue weighted by atomic mass is 35.5. The van der Waals surface area contributed by atoms with Gasteiger partial charge in [-0.05, 0) is 33.3 Å². The third kappa shape index (κ3) is 3.84. The second kappa shape index (κ2) is 8.53. The Balaban J connectivity index is 1.47. The molecule has 2 fully saturated rings. The Morgan fingerprint density at radius 3 is 2.43 bits per heavy atom. The number of nitriles is 1. The zero-order valence-electron chi connectivity index (χ0n) is 21.6. The molecule has 37 heavy (non-hydrogen) atoms. The third-order valence-electron chi connectivity index (χ3n) is 8.04. The number of sulfone groups is 1. The molecule has 3 aliphatic rings. The Hall–Kier alpha value is -2.97. The molecule has 0 aromatic carbocycles. The highest BCUT2D eigenvalue weighted by Crippen LogP contribution is 2.47. The Kier molecular flexibility index (Phi) is 5.92. The van der Waals surface area contributed by atoms with Crippen molar-refractivity contribution in [3.63, 3.8) is 0 Å². The molecule has 3 aliphatic heterocycles. The number of carbonyl (C=O) groups is 1. The number of hydrogen-bond acceptors (Lipinski definition) is 9. The van der Waals surface area contributed by atoms with Gasteiger partial charge in [-0.3, -0.25) is 4.79 Å². The fourth-order valence-electron chi connectivity index (χ4n) is 5.64. The highest BCUT2D eigenvalue weighted by Gasteiger charge is 2.57. The maximum Gasteiger partial charge on any atom is 0.244 e. The van der Waals surface area contributed by atoms with E-state index in [1.54, 1.807) is 24.1 Å². The smallest absolute Gasteiger partial charge is 0.244 e. The number of halogens is 1. The highest BCUT2D eigenvalue weighted by molar-refractivity contribution is 7.95. The predicted octanol–water partition coefficient (Wildman–Crippen LogP) is 2.83. The molecule has 5 rings (SSSR count). The van der Waals surface area contributed by atoms with Gasteiger partial charge in [0.2, 0.25) is 5.91 Å². The van der Waals surface area contributed by atoms with Crippen LogP contribution in [0.2, 0.25) is 5.02 Å². The Labute approximate surface area is 222 Å². The van der Waals surface area contributed by atoms with Gasteiger partial charge in [0, 0.05) is 42.7 Å². The monoisotopic (exact) mass is 543 g/mol. The van der Waals surface area contributed by atoms with Gasteiger partial charge in [-0.25, -0.2) is 23.4 Å². The topological polar surface area (TPSA) is 123 Å². The zero-order chi connectivity index (χ0) is 26.9. The minimum Gasteiger partial charge on any atom is -0.350 e. The van der Waals surface area contributed by atoms with E-state index >= 15 is 0 Å². The first-order valence-electron chi connectivity index (χ1n) is 12.3. The maximum absolute atomic E-state index is 13.3. The van der Waals surface area contributed by atoms with Gasteiger partial charge in [-0.15, -0.1) is 0 Å². The van der Waals surface area contributed by atoms with Crippen LogP contribution in [0, 0.1) is 11.3 Å². The first-order chi connectivity index (χ1) is 17.3. The fourth-order valence-corrected chi connectivity index (χ4v) is 7.37. The molecule has 12 heteroatoms. The van der Waals surface area contributed by atoms with Gasteiger partial charge >= 0.3 is 0 Å². The van der Waals surface area contributed by atoms with Gasteiger partial charge in [0.15, 0.2) is 15.5 Å². The van der Waals surface area contributed by atoms with Crippen LogP contribution in [0.1, 0.15) is 52.3 Å². The SMILES string of the molecule is C[C@@H]1CN(c2ncnc3c2C(C)(C)CN3c2cnc(C#N)c(Cl)c2)[C@@H](C)CN1C(=O)[C@@]1(C)CCS1(=O)=O. The lowest BCUT2D eigenvalue weighted by Gasteiger charge is -2.49. The van der Waals surface area contributed by atoms with Crippen molar-refractivity contribution in [2.45, 2.75) is 63.3 Å².